The van der Waals surface area contributed by atoms with E-state index in [1.807, 2.05) is 44.2 Å². The van der Waals surface area contributed by atoms with Crippen LogP contribution in [0.15, 0.2) is 40.9 Å². The van der Waals surface area contributed by atoms with Crippen LogP contribution in [0, 0.1) is 6.92 Å². The molecule has 2 heterocycles. The highest BCUT2D eigenvalue weighted by Crippen LogP contribution is 2.35. The number of ether oxygens (including phenoxy) is 2. The van der Waals surface area contributed by atoms with Crippen molar-refractivity contribution in [2.24, 2.45) is 0 Å². The molecule has 0 radical (unpaired) electrons. The molecule has 1 saturated heterocycles. The topological polar surface area (TPSA) is 77.7 Å². The average Bonchev–Trinajstić information content (AvgIpc) is 3.38. The molecule has 4 rings (SSSR count). The first-order chi connectivity index (χ1) is 14.5. The monoisotopic (exact) mass is 427 g/mol. The Labute approximate surface area is 179 Å². The molecule has 1 aromatic heterocycles. The fourth-order valence-electron chi connectivity index (χ4n) is 3.47. The highest BCUT2D eigenvalue weighted by molar-refractivity contribution is 6.31. The summed E-state index contributed by atoms with van der Waals surface area (Å²) in [6.07, 6.45) is 0.305. The van der Waals surface area contributed by atoms with Crippen LogP contribution in [0.3, 0.4) is 0 Å². The summed E-state index contributed by atoms with van der Waals surface area (Å²) >= 11 is 6.22. The molecule has 1 amide bonds. The number of benzene rings is 2. The van der Waals surface area contributed by atoms with Gasteiger partial charge in [-0.15, -0.1) is 0 Å². The van der Waals surface area contributed by atoms with Gasteiger partial charge in [-0.25, -0.2) is 0 Å². The van der Waals surface area contributed by atoms with Crippen molar-refractivity contribution in [2.75, 3.05) is 25.2 Å². The molecule has 0 bridgehead atoms. The minimum Gasteiger partial charge on any atom is -0.493 e. The van der Waals surface area contributed by atoms with Crippen molar-refractivity contribution in [3.63, 3.8) is 0 Å². The second kappa shape index (κ2) is 8.36. The van der Waals surface area contributed by atoms with Crippen molar-refractivity contribution in [2.45, 2.75) is 26.2 Å². The normalized spacial score (nSPS) is 16.2. The standard InChI is InChI=1S/C22H22ClN3O4/c1-4-29-18-8-6-14(9-19(18)28-3)21-24-22(30-25-21)15-10-20(27)26(12-15)16-7-5-13(2)17(23)11-16/h5-9,11,15H,4,10,12H2,1-3H3. The fourth-order valence-corrected chi connectivity index (χ4v) is 3.65. The average molecular weight is 428 g/mol. The molecule has 1 atom stereocenters. The van der Waals surface area contributed by atoms with Gasteiger partial charge in [-0.3, -0.25) is 4.79 Å². The van der Waals surface area contributed by atoms with E-state index in [2.05, 4.69) is 10.1 Å². The molecule has 156 valence electrons. The van der Waals surface area contributed by atoms with E-state index < -0.39 is 0 Å². The van der Waals surface area contributed by atoms with Crippen LogP contribution in [0.25, 0.3) is 11.4 Å². The molecule has 0 saturated carbocycles. The smallest absolute Gasteiger partial charge is 0.232 e. The number of halogens is 1. The first-order valence-corrected chi connectivity index (χ1v) is 10.1. The van der Waals surface area contributed by atoms with E-state index in [0.29, 0.717) is 47.8 Å². The third kappa shape index (κ3) is 3.85. The van der Waals surface area contributed by atoms with E-state index in [9.17, 15) is 4.79 Å². The minimum absolute atomic E-state index is 0.00223. The molecule has 1 aliphatic heterocycles. The largest absolute Gasteiger partial charge is 0.493 e. The summed E-state index contributed by atoms with van der Waals surface area (Å²) in [5.41, 5.74) is 2.49. The van der Waals surface area contributed by atoms with Gasteiger partial charge in [0.25, 0.3) is 0 Å². The zero-order chi connectivity index (χ0) is 21.3. The third-order valence-electron chi connectivity index (χ3n) is 5.10. The summed E-state index contributed by atoms with van der Waals surface area (Å²) in [5, 5.41) is 4.73. The van der Waals surface area contributed by atoms with E-state index in [0.717, 1.165) is 16.8 Å². The van der Waals surface area contributed by atoms with Crippen LogP contribution in [-0.4, -0.2) is 36.3 Å². The molecule has 8 heteroatoms. The quantitative estimate of drug-likeness (QED) is 0.571. The lowest BCUT2D eigenvalue weighted by Crippen LogP contribution is -2.24. The van der Waals surface area contributed by atoms with Gasteiger partial charge in [0.15, 0.2) is 11.5 Å². The van der Waals surface area contributed by atoms with Gasteiger partial charge < -0.3 is 18.9 Å². The number of hydrogen-bond donors (Lipinski definition) is 0. The number of aryl methyl sites for hydroxylation is 1. The zero-order valence-corrected chi connectivity index (χ0v) is 17.8. The zero-order valence-electron chi connectivity index (χ0n) is 17.0. The van der Waals surface area contributed by atoms with Crippen molar-refractivity contribution in [3.05, 3.63) is 52.9 Å². The number of methoxy groups -OCH3 is 1. The van der Waals surface area contributed by atoms with Crippen LogP contribution in [0.4, 0.5) is 5.69 Å². The Morgan fingerprint density at radius 3 is 2.80 bits per heavy atom. The fraction of sp³-hybridized carbons (Fsp3) is 0.318. The van der Waals surface area contributed by atoms with Gasteiger partial charge in [-0.2, -0.15) is 4.98 Å². The summed E-state index contributed by atoms with van der Waals surface area (Å²) in [7, 11) is 1.58. The van der Waals surface area contributed by atoms with Crippen LogP contribution in [0.5, 0.6) is 11.5 Å². The van der Waals surface area contributed by atoms with Crippen molar-refractivity contribution in [1.29, 1.82) is 0 Å². The molecule has 1 unspecified atom stereocenters. The molecular formula is C22H22ClN3O4. The lowest BCUT2D eigenvalue weighted by atomic mass is 10.1. The van der Waals surface area contributed by atoms with Crippen LogP contribution >= 0.6 is 11.6 Å². The van der Waals surface area contributed by atoms with E-state index >= 15 is 0 Å². The van der Waals surface area contributed by atoms with Gasteiger partial charge >= 0.3 is 0 Å². The number of carbonyl (C=O) groups excluding carboxylic acids is 1. The summed E-state index contributed by atoms with van der Waals surface area (Å²) in [5.74, 6) is 1.95. The van der Waals surface area contributed by atoms with Crippen molar-refractivity contribution in [1.82, 2.24) is 10.1 Å². The van der Waals surface area contributed by atoms with Gasteiger partial charge in [0.2, 0.25) is 17.6 Å². The number of anilines is 1. The third-order valence-corrected chi connectivity index (χ3v) is 5.51. The Morgan fingerprint density at radius 2 is 2.07 bits per heavy atom. The number of carbonyl (C=O) groups is 1. The van der Waals surface area contributed by atoms with Gasteiger partial charge in [0.1, 0.15) is 0 Å². The van der Waals surface area contributed by atoms with Gasteiger partial charge in [0, 0.05) is 29.2 Å². The van der Waals surface area contributed by atoms with Crippen LogP contribution < -0.4 is 14.4 Å². The Bertz CT molecular complexity index is 1080. The Balaban J connectivity index is 1.54. The number of hydrogen-bond acceptors (Lipinski definition) is 6. The van der Waals surface area contributed by atoms with E-state index in [4.69, 9.17) is 25.6 Å². The van der Waals surface area contributed by atoms with Crippen LogP contribution in [-0.2, 0) is 4.79 Å². The van der Waals surface area contributed by atoms with Gasteiger partial charge in [-0.1, -0.05) is 22.8 Å². The molecule has 2 aromatic carbocycles. The second-order valence-corrected chi connectivity index (χ2v) is 7.50. The minimum atomic E-state index is -0.177. The first-order valence-electron chi connectivity index (χ1n) is 9.71. The van der Waals surface area contributed by atoms with Gasteiger partial charge in [0.05, 0.1) is 19.6 Å². The highest BCUT2D eigenvalue weighted by atomic mass is 35.5. The van der Waals surface area contributed by atoms with E-state index in [1.165, 1.54) is 0 Å². The number of nitrogens with zero attached hydrogens (tertiary/aromatic N) is 3. The second-order valence-electron chi connectivity index (χ2n) is 7.09. The first kappa shape index (κ1) is 20.2. The maximum absolute atomic E-state index is 12.6. The Kier molecular flexibility index (Phi) is 5.63. The maximum atomic E-state index is 12.6. The van der Waals surface area contributed by atoms with Crippen molar-refractivity contribution < 1.29 is 18.8 Å². The Morgan fingerprint density at radius 1 is 1.23 bits per heavy atom. The predicted octanol–water partition coefficient (Wildman–Crippen LogP) is 4.63. The summed E-state index contributed by atoms with van der Waals surface area (Å²) in [4.78, 5) is 18.8. The number of rotatable bonds is 6. The lowest BCUT2D eigenvalue weighted by Gasteiger charge is -2.17. The van der Waals surface area contributed by atoms with Crippen LogP contribution in [0.2, 0.25) is 5.02 Å². The molecule has 0 spiro atoms. The summed E-state index contributed by atoms with van der Waals surface area (Å²) in [6.45, 7) is 4.85. The van der Waals surface area contributed by atoms with Crippen molar-refractivity contribution in [3.8, 4) is 22.9 Å². The Hall–Kier alpha value is -3.06. The predicted molar refractivity (Wildman–Crippen MR) is 113 cm³/mol. The maximum Gasteiger partial charge on any atom is 0.232 e. The highest BCUT2D eigenvalue weighted by Gasteiger charge is 2.35. The van der Waals surface area contributed by atoms with Crippen LogP contribution in [0.1, 0.15) is 30.7 Å². The number of aromatic nitrogens is 2. The summed E-state index contributed by atoms with van der Waals surface area (Å²) < 4.78 is 16.4. The number of amides is 1. The molecule has 1 fully saturated rings. The van der Waals surface area contributed by atoms with Crippen molar-refractivity contribution >= 4 is 23.2 Å². The molecule has 0 aliphatic carbocycles. The molecule has 3 aromatic rings. The van der Waals surface area contributed by atoms with E-state index in [1.54, 1.807) is 18.1 Å². The van der Waals surface area contributed by atoms with E-state index in [-0.39, 0.29) is 11.8 Å². The van der Waals surface area contributed by atoms with Gasteiger partial charge in [-0.05, 0) is 49.7 Å². The SMILES string of the molecule is CCOc1ccc(-c2noc(C3CC(=O)N(c4ccc(C)c(Cl)c4)C3)n2)cc1OC. The molecule has 1 aliphatic rings. The molecule has 0 N–H and O–H groups in total. The molecule has 7 nitrogen and oxygen atoms in total. The molecular weight excluding hydrogens is 406 g/mol. The summed E-state index contributed by atoms with van der Waals surface area (Å²) in [6, 6.07) is 11.1. The lowest BCUT2D eigenvalue weighted by molar-refractivity contribution is -0.117. The molecule has 30 heavy (non-hydrogen) atoms.